The molecule has 1 fully saturated rings. The molecule has 1 atom stereocenters. The molecule has 2 aromatic rings. The van der Waals surface area contributed by atoms with Crippen LogP contribution in [-0.2, 0) is 6.54 Å². The third-order valence-electron chi connectivity index (χ3n) is 3.53. The highest BCUT2D eigenvalue weighted by Crippen LogP contribution is 2.16. The molecule has 3 rings (SSSR count). The molecule has 0 bridgehead atoms. The molecule has 0 aliphatic carbocycles. The van der Waals surface area contributed by atoms with Crippen molar-refractivity contribution >= 4 is 11.0 Å². The summed E-state index contributed by atoms with van der Waals surface area (Å²) in [6.07, 6.45) is 1.16. The van der Waals surface area contributed by atoms with Crippen molar-refractivity contribution in [2.75, 3.05) is 13.1 Å². The summed E-state index contributed by atoms with van der Waals surface area (Å²) in [5, 5.41) is 3.34. The number of H-pyrrole nitrogens is 1. The van der Waals surface area contributed by atoms with Gasteiger partial charge in [0, 0.05) is 6.54 Å². The van der Waals surface area contributed by atoms with Gasteiger partial charge < -0.3 is 10.3 Å². The van der Waals surface area contributed by atoms with E-state index < -0.39 is 0 Å². The topological polar surface area (TPSA) is 49.8 Å². The van der Waals surface area contributed by atoms with Gasteiger partial charge in [-0.2, -0.15) is 0 Å². The highest BCUT2D eigenvalue weighted by molar-refractivity contribution is 5.75. The predicted molar refractivity (Wildman–Crippen MR) is 68.3 cm³/mol. The highest BCUT2D eigenvalue weighted by Gasteiger charge is 2.17. The van der Waals surface area contributed by atoms with E-state index in [4.69, 9.17) is 0 Å². The number of hydrogen-bond acceptors (Lipinski definition) is 2. The standard InChI is InChI=1S/C13H17N3O/c1-9-2-3-11-12(6-9)16(13(17)15-11)8-10-4-5-14-7-10/h2-3,6,10,14H,4-5,7-8H2,1H3,(H,15,17). The van der Waals surface area contributed by atoms with Gasteiger partial charge in [0.1, 0.15) is 0 Å². The lowest BCUT2D eigenvalue weighted by Gasteiger charge is -2.09. The molecular weight excluding hydrogens is 214 g/mol. The molecule has 4 nitrogen and oxygen atoms in total. The van der Waals surface area contributed by atoms with Crippen LogP contribution in [0.3, 0.4) is 0 Å². The van der Waals surface area contributed by atoms with Crippen molar-refractivity contribution in [3.63, 3.8) is 0 Å². The Hall–Kier alpha value is -1.55. The first-order valence-electron chi connectivity index (χ1n) is 6.14. The van der Waals surface area contributed by atoms with Gasteiger partial charge in [-0.15, -0.1) is 0 Å². The van der Waals surface area contributed by atoms with Gasteiger partial charge in [0.25, 0.3) is 0 Å². The van der Waals surface area contributed by atoms with Crippen LogP contribution < -0.4 is 11.0 Å². The summed E-state index contributed by atoms with van der Waals surface area (Å²) in [6.45, 7) is 4.96. The van der Waals surface area contributed by atoms with Gasteiger partial charge in [-0.3, -0.25) is 4.57 Å². The van der Waals surface area contributed by atoms with Crippen LogP contribution in [0.2, 0.25) is 0 Å². The molecular formula is C13H17N3O. The summed E-state index contributed by atoms with van der Waals surface area (Å²) < 4.78 is 1.88. The van der Waals surface area contributed by atoms with Crippen LogP contribution in [0.4, 0.5) is 0 Å². The fourth-order valence-corrected chi connectivity index (χ4v) is 2.57. The van der Waals surface area contributed by atoms with Gasteiger partial charge in [0.05, 0.1) is 11.0 Å². The van der Waals surface area contributed by atoms with E-state index in [-0.39, 0.29) is 5.69 Å². The SMILES string of the molecule is Cc1ccc2[nH]c(=O)n(CC3CCNC3)c2c1. The normalized spacial score (nSPS) is 20.2. The Balaban J connectivity index is 2.04. The van der Waals surface area contributed by atoms with Crippen LogP contribution in [-0.4, -0.2) is 22.6 Å². The smallest absolute Gasteiger partial charge is 0.316 e. The lowest BCUT2D eigenvalue weighted by molar-refractivity contribution is 0.481. The second-order valence-electron chi connectivity index (χ2n) is 4.92. The van der Waals surface area contributed by atoms with Crippen molar-refractivity contribution in [2.45, 2.75) is 19.9 Å². The van der Waals surface area contributed by atoms with E-state index in [1.54, 1.807) is 0 Å². The van der Waals surface area contributed by atoms with Crippen LogP contribution in [0, 0.1) is 12.8 Å². The summed E-state index contributed by atoms with van der Waals surface area (Å²) in [5.74, 6) is 0.576. The van der Waals surface area contributed by atoms with Gasteiger partial charge >= 0.3 is 5.69 Å². The van der Waals surface area contributed by atoms with Crippen molar-refractivity contribution < 1.29 is 0 Å². The molecule has 17 heavy (non-hydrogen) atoms. The number of aromatic nitrogens is 2. The first kappa shape index (κ1) is 10.6. The van der Waals surface area contributed by atoms with Gasteiger partial charge in [0.15, 0.2) is 0 Å². The zero-order valence-electron chi connectivity index (χ0n) is 9.99. The van der Waals surface area contributed by atoms with Crippen molar-refractivity contribution in [3.8, 4) is 0 Å². The molecule has 1 saturated heterocycles. The Morgan fingerprint density at radius 2 is 2.35 bits per heavy atom. The van der Waals surface area contributed by atoms with E-state index in [1.807, 2.05) is 16.7 Å². The molecule has 0 amide bonds. The molecule has 1 aliphatic heterocycles. The van der Waals surface area contributed by atoms with E-state index in [2.05, 4.69) is 23.3 Å². The lowest BCUT2D eigenvalue weighted by atomic mass is 10.1. The second kappa shape index (κ2) is 4.04. The maximum atomic E-state index is 11.9. The number of nitrogens with one attached hydrogen (secondary N) is 2. The van der Waals surface area contributed by atoms with E-state index in [9.17, 15) is 4.79 Å². The lowest BCUT2D eigenvalue weighted by Crippen LogP contribution is -2.22. The van der Waals surface area contributed by atoms with Gasteiger partial charge in [-0.1, -0.05) is 6.07 Å². The summed E-state index contributed by atoms with van der Waals surface area (Å²) in [6, 6.07) is 6.09. The maximum Gasteiger partial charge on any atom is 0.326 e. The molecule has 0 radical (unpaired) electrons. The first-order valence-corrected chi connectivity index (χ1v) is 6.14. The average Bonchev–Trinajstić information content (AvgIpc) is 2.90. The average molecular weight is 231 g/mol. The van der Waals surface area contributed by atoms with E-state index in [1.165, 1.54) is 5.56 Å². The maximum absolute atomic E-state index is 11.9. The Labute approximate surface area is 99.6 Å². The summed E-state index contributed by atoms with van der Waals surface area (Å²) in [7, 11) is 0. The minimum Gasteiger partial charge on any atom is -0.316 e. The van der Waals surface area contributed by atoms with Crippen LogP contribution in [0.5, 0.6) is 0 Å². The van der Waals surface area contributed by atoms with Crippen molar-refractivity contribution in [2.24, 2.45) is 5.92 Å². The summed E-state index contributed by atoms with van der Waals surface area (Å²) in [4.78, 5) is 14.8. The monoisotopic (exact) mass is 231 g/mol. The quantitative estimate of drug-likeness (QED) is 0.817. The number of hydrogen-bond donors (Lipinski definition) is 2. The van der Waals surface area contributed by atoms with Crippen LogP contribution in [0.1, 0.15) is 12.0 Å². The molecule has 1 aromatic heterocycles. The highest BCUT2D eigenvalue weighted by atomic mass is 16.1. The molecule has 1 unspecified atom stereocenters. The van der Waals surface area contributed by atoms with Crippen LogP contribution in [0.25, 0.3) is 11.0 Å². The fraction of sp³-hybridized carbons (Fsp3) is 0.462. The number of aryl methyl sites for hydroxylation is 1. The Kier molecular flexibility index (Phi) is 2.52. The molecule has 0 spiro atoms. The van der Waals surface area contributed by atoms with Crippen LogP contribution in [0.15, 0.2) is 23.0 Å². The fourth-order valence-electron chi connectivity index (χ4n) is 2.57. The molecule has 1 aromatic carbocycles. The largest absolute Gasteiger partial charge is 0.326 e. The molecule has 2 N–H and O–H groups in total. The first-order chi connectivity index (χ1) is 8.24. The van der Waals surface area contributed by atoms with Crippen LogP contribution >= 0.6 is 0 Å². The van der Waals surface area contributed by atoms with Gasteiger partial charge in [0.2, 0.25) is 0 Å². The van der Waals surface area contributed by atoms with Gasteiger partial charge in [-0.25, -0.2) is 4.79 Å². The predicted octanol–water partition coefficient (Wildman–Crippen LogP) is 1.25. The molecule has 1 aliphatic rings. The zero-order chi connectivity index (χ0) is 11.8. The van der Waals surface area contributed by atoms with Crippen molar-refractivity contribution in [3.05, 3.63) is 34.2 Å². The Morgan fingerprint density at radius 3 is 3.12 bits per heavy atom. The van der Waals surface area contributed by atoms with Gasteiger partial charge in [-0.05, 0) is 50.0 Å². The summed E-state index contributed by atoms with van der Waals surface area (Å²) in [5.41, 5.74) is 3.17. The second-order valence-corrected chi connectivity index (χ2v) is 4.92. The number of aromatic amines is 1. The molecule has 2 heterocycles. The minimum atomic E-state index is 0.0116. The van der Waals surface area contributed by atoms with Crippen molar-refractivity contribution in [1.82, 2.24) is 14.9 Å². The summed E-state index contributed by atoms with van der Waals surface area (Å²) >= 11 is 0. The third kappa shape index (κ3) is 1.89. The molecule has 90 valence electrons. The number of imidazole rings is 1. The minimum absolute atomic E-state index is 0.0116. The van der Waals surface area contributed by atoms with E-state index in [0.717, 1.165) is 37.1 Å². The number of nitrogens with zero attached hydrogens (tertiary/aromatic N) is 1. The third-order valence-corrected chi connectivity index (χ3v) is 3.53. The number of fused-ring (bicyclic) bond motifs is 1. The zero-order valence-corrected chi connectivity index (χ0v) is 9.99. The van der Waals surface area contributed by atoms with E-state index in [0.29, 0.717) is 5.92 Å². The van der Waals surface area contributed by atoms with Crippen molar-refractivity contribution in [1.29, 1.82) is 0 Å². The number of benzene rings is 1. The number of rotatable bonds is 2. The molecule has 0 saturated carbocycles. The Morgan fingerprint density at radius 1 is 1.47 bits per heavy atom. The molecule has 4 heteroatoms. The Bertz CT molecular complexity index is 590. The van der Waals surface area contributed by atoms with E-state index >= 15 is 0 Å².